The van der Waals surface area contributed by atoms with Crippen LogP contribution in [0.25, 0.3) is 120 Å². The van der Waals surface area contributed by atoms with Crippen LogP contribution in [0.1, 0.15) is 0 Å². The van der Waals surface area contributed by atoms with Crippen LogP contribution >= 0.6 is 0 Å². The van der Waals surface area contributed by atoms with E-state index in [1.54, 1.807) is 0 Å². The Kier molecular flexibility index (Phi) is 7.96. The Hall–Kier alpha value is -7.80. The molecule has 12 rings (SSSR count). The van der Waals surface area contributed by atoms with E-state index < -0.39 is 0 Å². The maximum absolute atomic E-state index is 2.44. The van der Waals surface area contributed by atoms with Crippen LogP contribution in [0.2, 0.25) is 0 Å². The summed E-state index contributed by atoms with van der Waals surface area (Å²) in [4.78, 5) is 0. The van der Waals surface area contributed by atoms with Crippen LogP contribution in [-0.2, 0) is 0 Å². The highest BCUT2D eigenvalue weighted by atomic mass is 14.2. The van der Waals surface area contributed by atoms with Crippen molar-refractivity contribution in [3.05, 3.63) is 231 Å². The molecule has 60 heavy (non-hydrogen) atoms. The van der Waals surface area contributed by atoms with Crippen molar-refractivity contribution in [2.75, 3.05) is 0 Å². The van der Waals surface area contributed by atoms with Crippen molar-refractivity contribution < 1.29 is 0 Å². The summed E-state index contributed by atoms with van der Waals surface area (Å²) in [5.41, 5.74) is 12.3. The molecule has 0 spiro atoms. The number of fused-ring (bicyclic) bond motifs is 6. The van der Waals surface area contributed by atoms with Crippen LogP contribution in [-0.4, -0.2) is 0 Å². The molecule has 0 aliphatic rings. The van der Waals surface area contributed by atoms with E-state index in [0.717, 1.165) is 0 Å². The standard InChI is InChI=1S/C60H38/c1-5-23-44-39(15-1)19-9-27-48(44)43-37-58(51-30-12-22-42-18-4-8-26-47(42)51)53-32-13-31-52(59(53)38-43)54-35-36-57(50-29-11-21-41-17-3-7-25-46(41)50)60-55(33-14-34-56(54)60)49-28-10-20-40-16-2-6-24-45(40)49/h1-38H. The Morgan fingerprint density at radius 2 is 0.483 bits per heavy atom. The molecule has 0 N–H and O–H groups in total. The first-order valence-corrected chi connectivity index (χ1v) is 20.8. The lowest BCUT2D eigenvalue weighted by atomic mass is 9.83. The van der Waals surface area contributed by atoms with Gasteiger partial charge in [0, 0.05) is 0 Å². The van der Waals surface area contributed by atoms with Gasteiger partial charge in [0.2, 0.25) is 0 Å². The molecule has 0 unspecified atom stereocenters. The lowest BCUT2D eigenvalue weighted by molar-refractivity contribution is 1.63. The molecular formula is C60H38. The minimum atomic E-state index is 1.21. The molecule has 0 atom stereocenters. The molecule has 0 saturated heterocycles. The summed E-state index contributed by atoms with van der Waals surface area (Å²) in [5.74, 6) is 0. The van der Waals surface area contributed by atoms with Crippen molar-refractivity contribution >= 4 is 64.6 Å². The second kappa shape index (κ2) is 13.9. The first kappa shape index (κ1) is 34.3. The molecule has 0 radical (unpaired) electrons. The van der Waals surface area contributed by atoms with E-state index in [0.29, 0.717) is 0 Å². The molecule has 0 aliphatic heterocycles. The summed E-state index contributed by atoms with van der Waals surface area (Å²) in [6.45, 7) is 0. The molecule has 0 amide bonds. The zero-order valence-corrected chi connectivity index (χ0v) is 32.9. The highest BCUT2D eigenvalue weighted by Gasteiger charge is 2.20. The molecule has 0 aliphatic carbocycles. The monoisotopic (exact) mass is 758 g/mol. The fraction of sp³-hybridized carbons (Fsp3) is 0. The second-order valence-corrected chi connectivity index (χ2v) is 15.9. The fourth-order valence-electron chi connectivity index (χ4n) is 9.95. The van der Waals surface area contributed by atoms with E-state index in [4.69, 9.17) is 0 Å². The lowest BCUT2D eigenvalue weighted by Gasteiger charge is -2.20. The van der Waals surface area contributed by atoms with E-state index in [-0.39, 0.29) is 0 Å². The first-order chi connectivity index (χ1) is 29.8. The van der Waals surface area contributed by atoms with Gasteiger partial charge in [0.15, 0.2) is 0 Å². The van der Waals surface area contributed by atoms with Gasteiger partial charge in [-0.25, -0.2) is 0 Å². The van der Waals surface area contributed by atoms with Gasteiger partial charge in [0.25, 0.3) is 0 Å². The van der Waals surface area contributed by atoms with Crippen LogP contribution in [0.4, 0.5) is 0 Å². The number of rotatable bonds is 5. The van der Waals surface area contributed by atoms with Gasteiger partial charge in [0.1, 0.15) is 0 Å². The van der Waals surface area contributed by atoms with Gasteiger partial charge in [-0.2, -0.15) is 0 Å². The molecule has 0 fully saturated rings. The zero-order valence-electron chi connectivity index (χ0n) is 32.9. The lowest BCUT2D eigenvalue weighted by Crippen LogP contribution is -1.93. The molecule has 278 valence electrons. The van der Waals surface area contributed by atoms with Gasteiger partial charge < -0.3 is 0 Å². The molecule has 12 aromatic rings. The molecule has 0 heterocycles. The van der Waals surface area contributed by atoms with E-state index in [2.05, 4.69) is 231 Å². The summed E-state index contributed by atoms with van der Waals surface area (Å²) in [5, 5.41) is 15.0. The van der Waals surface area contributed by atoms with Crippen molar-refractivity contribution in [2.45, 2.75) is 0 Å². The van der Waals surface area contributed by atoms with Crippen molar-refractivity contribution in [3.8, 4) is 55.6 Å². The van der Waals surface area contributed by atoms with Crippen molar-refractivity contribution in [1.29, 1.82) is 0 Å². The second-order valence-electron chi connectivity index (χ2n) is 15.9. The molecule has 0 saturated carbocycles. The Morgan fingerprint density at radius 1 is 0.167 bits per heavy atom. The summed E-state index contributed by atoms with van der Waals surface area (Å²) in [7, 11) is 0. The van der Waals surface area contributed by atoms with Gasteiger partial charge in [0.05, 0.1) is 0 Å². The summed E-state index contributed by atoms with van der Waals surface area (Å²) >= 11 is 0. The van der Waals surface area contributed by atoms with Gasteiger partial charge in [-0.1, -0.05) is 218 Å². The van der Waals surface area contributed by atoms with Crippen LogP contribution in [0.15, 0.2) is 231 Å². The minimum absolute atomic E-state index is 1.21. The maximum Gasteiger partial charge on any atom is -0.00201 e. The van der Waals surface area contributed by atoms with E-state index in [1.807, 2.05) is 0 Å². The van der Waals surface area contributed by atoms with E-state index in [1.165, 1.54) is 120 Å². The van der Waals surface area contributed by atoms with Gasteiger partial charge >= 0.3 is 0 Å². The zero-order chi connectivity index (χ0) is 39.6. The van der Waals surface area contributed by atoms with Crippen molar-refractivity contribution in [1.82, 2.24) is 0 Å². The molecular weight excluding hydrogens is 721 g/mol. The third-order valence-corrected chi connectivity index (χ3v) is 12.7. The average Bonchev–Trinajstić information content (AvgIpc) is 3.32. The predicted molar refractivity (Wildman–Crippen MR) is 259 cm³/mol. The smallest absolute Gasteiger partial charge is 0.00201 e. The highest BCUT2D eigenvalue weighted by Crippen LogP contribution is 2.47. The number of benzene rings is 12. The fourth-order valence-corrected chi connectivity index (χ4v) is 9.95. The average molecular weight is 759 g/mol. The molecule has 0 nitrogen and oxygen atoms in total. The van der Waals surface area contributed by atoms with Crippen molar-refractivity contribution in [2.24, 2.45) is 0 Å². The normalized spacial score (nSPS) is 11.7. The quantitative estimate of drug-likeness (QED) is 0.164. The number of hydrogen-bond acceptors (Lipinski definition) is 0. The highest BCUT2D eigenvalue weighted by molar-refractivity contribution is 6.20. The van der Waals surface area contributed by atoms with Gasteiger partial charge in [-0.05, 0) is 132 Å². The Balaban J connectivity index is 1.20. The Labute approximate surface area is 349 Å². The molecule has 0 aromatic heterocycles. The van der Waals surface area contributed by atoms with Gasteiger partial charge in [-0.3, -0.25) is 0 Å². The maximum atomic E-state index is 2.44. The van der Waals surface area contributed by atoms with E-state index >= 15 is 0 Å². The molecule has 12 aromatic carbocycles. The predicted octanol–water partition coefficient (Wildman–Crippen LogP) is 16.9. The third kappa shape index (κ3) is 5.46. The Bertz CT molecular complexity index is 3450. The third-order valence-electron chi connectivity index (χ3n) is 12.7. The molecule has 0 bridgehead atoms. The van der Waals surface area contributed by atoms with Crippen LogP contribution in [0.3, 0.4) is 0 Å². The Morgan fingerprint density at radius 3 is 1.02 bits per heavy atom. The summed E-state index contributed by atoms with van der Waals surface area (Å²) in [6, 6.07) is 85.4. The summed E-state index contributed by atoms with van der Waals surface area (Å²) in [6.07, 6.45) is 0. The largest absolute Gasteiger partial charge is 0.0616 e. The SMILES string of the molecule is c1ccc2c(-c3cc(-c4cccc5ccccc45)c4cccc(-c5ccc(-c6cccc7ccccc67)c6c(-c7cccc8ccccc78)cccc56)c4c3)cccc2c1. The molecule has 0 heteroatoms. The van der Waals surface area contributed by atoms with E-state index in [9.17, 15) is 0 Å². The topological polar surface area (TPSA) is 0 Å². The van der Waals surface area contributed by atoms with Crippen LogP contribution in [0.5, 0.6) is 0 Å². The minimum Gasteiger partial charge on any atom is -0.0616 e. The first-order valence-electron chi connectivity index (χ1n) is 20.8. The summed E-state index contributed by atoms with van der Waals surface area (Å²) < 4.78 is 0. The van der Waals surface area contributed by atoms with Crippen molar-refractivity contribution in [3.63, 3.8) is 0 Å². The number of hydrogen-bond donors (Lipinski definition) is 0. The van der Waals surface area contributed by atoms with Crippen LogP contribution in [0, 0.1) is 0 Å². The van der Waals surface area contributed by atoms with Gasteiger partial charge in [-0.15, -0.1) is 0 Å². The van der Waals surface area contributed by atoms with Crippen LogP contribution < -0.4 is 0 Å².